The van der Waals surface area contributed by atoms with E-state index in [-0.39, 0.29) is 5.91 Å². The number of nitrogens with zero attached hydrogens (tertiary/aromatic N) is 2. The largest absolute Gasteiger partial charge is 0.337 e. The number of benzene rings is 2. The van der Waals surface area contributed by atoms with Crippen LogP contribution in [0.4, 0.5) is 17.2 Å². The molecule has 1 aliphatic heterocycles. The van der Waals surface area contributed by atoms with E-state index < -0.39 is 0 Å². The number of pyridine rings is 1. The van der Waals surface area contributed by atoms with Crippen molar-refractivity contribution in [2.24, 2.45) is 0 Å². The molecular formula is C22H21N3O. The van der Waals surface area contributed by atoms with E-state index in [0.29, 0.717) is 17.4 Å². The molecular weight excluding hydrogens is 322 g/mol. The number of aryl methyl sites for hydroxylation is 1. The van der Waals surface area contributed by atoms with Crippen molar-refractivity contribution in [2.75, 3.05) is 10.2 Å². The summed E-state index contributed by atoms with van der Waals surface area (Å²) in [5.41, 5.74) is 5.33. The van der Waals surface area contributed by atoms with Gasteiger partial charge in [-0.25, -0.2) is 4.98 Å². The van der Waals surface area contributed by atoms with E-state index in [2.05, 4.69) is 46.4 Å². The summed E-state index contributed by atoms with van der Waals surface area (Å²) in [5, 5.41) is 2.87. The van der Waals surface area contributed by atoms with Gasteiger partial charge in [-0.3, -0.25) is 4.79 Å². The Bertz CT molecular complexity index is 950. The van der Waals surface area contributed by atoms with Crippen molar-refractivity contribution in [1.82, 2.24) is 4.98 Å². The third kappa shape index (κ3) is 3.06. The summed E-state index contributed by atoms with van der Waals surface area (Å²) in [6, 6.07) is 20.3. The van der Waals surface area contributed by atoms with E-state index in [9.17, 15) is 4.79 Å². The van der Waals surface area contributed by atoms with Crippen LogP contribution in [-0.2, 0) is 6.42 Å². The topological polar surface area (TPSA) is 45.2 Å². The number of carbonyl (C=O) groups excluding carboxylic acids is 1. The fraction of sp³-hybridized carbons (Fsp3) is 0.182. The lowest BCUT2D eigenvalue weighted by Gasteiger charge is -2.24. The maximum Gasteiger partial charge on any atom is 0.256 e. The first-order valence-electron chi connectivity index (χ1n) is 8.83. The van der Waals surface area contributed by atoms with Crippen LogP contribution >= 0.6 is 0 Å². The Morgan fingerprint density at radius 2 is 1.96 bits per heavy atom. The van der Waals surface area contributed by atoms with Crippen molar-refractivity contribution < 1.29 is 4.79 Å². The number of aromatic nitrogens is 1. The van der Waals surface area contributed by atoms with Crippen LogP contribution in [-0.4, -0.2) is 16.9 Å². The first-order valence-corrected chi connectivity index (χ1v) is 8.83. The van der Waals surface area contributed by atoms with Gasteiger partial charge >= 0.3 is 0 Å². The van der Waals surface area contributed by atoms with Gasteiger partial charge in [0, 0.05) is 17.3 Å². The summed E-state index contributed by atoms with van der Waals surface area (Å²) >= 11 is 0. The smallest absolute Gasteiger partial charge is 0.256 e. The molecule has 0 radical (unpaired) electrons. The summed E-state index contributed by atoms with van der Waals surface area (Å²) in [5.74, 6) is 0.411. The Hall–Kier alpha value is -3.14. The van der Waals surface area contributed by atoms with Crippen LogP contribution in [0.25, 0.3) is 0 Å². The molecule has 1 amide bonds. The zero-order valence-corrected chi connectivity index (χ0v) is 14.9. The van der Waals surface area contributed by atoms with Crippen LogP contribution < -0.4 is 10.2 Å². The van der Waals surface area contributed by atoms with E-state index in [1.165, 1.54) is 11.3 Å². The monoisotopic (exact) mass is 343 g/mol. The molecule has 2 aromatic carbocycles. The van der Waals surface area contributed by atoms with Crippen LogP contribution in [0.1, 0.15) is 28.4 Å². The molecule has 1 aliphatic rings. The van der Waals surface area contributed by atoms with Gasteiger partial charge in [0.15, 0.2) is 0 Å². The average Bonchev–Trinajstić information content (AvgIpc) is 2.98. The van der Waals surface area contributed by atoms with Crippen molar-refractivity contribution in [2.45, 2.75) is 26.3 Å². The fourth-order valence-corrected chi connectivity index (χ4v) is 3.54. The first-order chi connectivity index (χ1) is 12.6. The molecule has 2 heterocycles. The lowest BCUT2D eigenvalue weighted by molar-refractivity contribution is 0.102. The van der Waals surface area contributed by atoms with Crippen molar-refractivity contribution in [3.8, 4) is 0 Å². The number of carbonyl (C=O) groups is 1. The second-order valence-corrected chi connectivity index (χ2v) is 6.78. The van der Waals surface area contributed by atoms with Gasteiger partial charge in [-0.05, 0) is 56.2 Å². The standard InChI is InChI=1S/C22H21N3O/c1-15-6-5-8-18(12-15)22(26)24-21-11-10-19(14-23-21)25-16(2)13-17-7-3-4-9-20(17)25/h3-12,14,16H,13H2,1-2H3,(H,23,24,26). The molecule has 0 bridgehead atoms. The predicted molar refractivity (Wildman–Crippen MR) is 105 cm³/mol. The second-order valence-electron chi connectivity index (χ2n) is 6.78. The minimum Gasteiger partial charge on any atom is -0.337 e. The molecule has 1 unspecified atom stereocenters. The molecule has 4 heteroatoms. The van der Waals surface area contributed by atoms with E-state index >= 15 is 0 Å². The quantitative estimate of drug-likeness (QED) is 0.748. The van der Waals surface area contributed by atoms with E-state index in [1.54, 1.807) is 6.07 Å². The van der Waals surface area contributed by atoms with Crippen molar-refractivity contribution in [3.05, 3.63) is 83.6 Å². The number of rotatable bonds is 3. The van der Waals surface area contributed by atoms with Crippen molar-refractivity contribution in [1.29, 1.82) is 0 Å². The van der Waals surface area contributed by atoms with Crippen molar-refractivity contribution in [3.63, 3.8) is 0 Å². The maximum absolute atomic E-state index is 12.4. The third-order valence-electron chi connectivity index (χ3n) is 4.76. The number of anilines is 3. The Balaban J connectivity index is 1.53. The molecule has 26 heavy (non-hydrogen) atoms. The number of amides is 1. The molecule has 0 saturated heterocycles. The van der Waals surface area contributed by atoms with Crippen LogP contribution in [0.2, 0.25) is 0 Å². The van der Waals surface area contributed by atoms with Crippen LogP contribution in [0.3, 0.4) is 0 Å². The molecule has 4 rings (SSSR count). The Kier molecular flexibility index (Phi) is 4.17. The number of nitrogens with one attached hydrogen (secondary N) is 1. The van der Waals surface area contributed by atoms with Gasteiger partial charge in [0.25, 0.3) is 5.91 Å². The molecule has 1 N–H and O–H groups in total. The van der Waals surface area contributed by atoms with Gasteiger partial charge in [-0.1, -0.05) is 35.9 Å². The number of hydrogen-bond acceptors (Lipinski definition) is 3. The molecule has 0 spiro atoms. The summed E-state index contributed by atoms with van der Waals surface area (Å²) in [7, 11) is 0. The van der Waals surface area contributed by atoms with E-state index in [4.69, 9.17) is 0 Å². The predicted octanol–water partition coefficient (Wildman–Crippen LogP) is 4.73. The van der Waals surface area contributed by atoms with Gasteiger partial charge in [-0.15, -0.1) is 0 Å². The lowest BCUT2D eigenvalue weighted by atomic mass is 10.1. The molecule has 130 valence electrons. The zero-order valence-electron chi connectivity index (χ0n) is 14.9. The maximum atomic E-state index is 12.4. The number of para-hydroxylation sites is 1. The molecule has 4 nitrogen and oxygen atoms in total. The molecule has 0 fully saturated rings. The van der Waals surface area contributed by atoms with Gasteiger partial charge in [0.05, 0.1) is 11.9 Å². The molecule has 3 aromatic rings. The van der Waals surface area contributed by atoms with Gasteiger partial charge in [0.2, 0.25) is 0 Å². The van der Waals surface area contributed by atoms with Gasteiger partial charge in [0.1, 0.15) is 5.82 Å². The minimum absolute atomic E-state index is 0.145. The minimum atomic E-state index is -0.145. The molecule has 0 saturated carbocycles. The zero-order chi connectivity index (χ0) is 18.1. The van der Waals surface area contributed by atoms with Crippen LogP contribution in [0.15, 0.2) is 66.9 Å². The Morgan fingerprint density at radius 3 is 2.73 bits per heavy atom. The lowest BCUT2D eigenvalue weighted by Crippen LogP contribution is -2.24. The third-order valence-corrected chi connectivity index (χ3v) is 4.76. The molecule has 0 aliphatic carbocycles. The Labute approximate surface area is 153 Å². The molecule has 1 atom stereocenters. The highest BCUT2D eigenvalue weighted by Gasteiger charge is 2.26. The number of fused-ring (bicyclic) bond motifs is 1. The summed E-state index contributed by atoms with van der Waals surface area (Å²) in [6.07, 6.45) is 2.85. The average molecular weight is 343 g/mol. The number of hydrogen-bond donors (Lipinski definition) is 1. The first kappa shape index (κ1) is 16.3. The highest BCUT2D eigenvalue weighted by atomic mass is 16.1. The van der Waals surface area contributed by atoms with Crippen molar-refractivity contribution >= 4 is 23.1 Å². The van der Waals surface area contributed by atoms with Gasteiger partial charge in [-0.2, -0.15) is 0 Å². The Morgan fingerprint density at radius 1 is 1.12 bits per heavy atom. The van der Waals surface area contributed by atoms with E-state index in [1.807, 2.05) is 43.5 Å². The highest BCUT2D eigenvalue weighted by Crippen LogP contribution is 2.37. The fourth-order valence-electron chi connectivity index (χ4n) is 3.54. The normalized spacial score (nSPS) is 15.6. The summed E-state index contributed by atoms with van der Waals surface area (Å²) in [6.45, 7) is 4.19. The second kappa shape index (κ2) is 6.64. The van der Waals surface area contributed by atoms with Gasteiger partial charge < -0.3 is 10.2 Å². The highest BCUT2D eigenvalue weighted by molar-refractivity contribution is 6.03. The van der Waals surface area contributed by atoms with E-state index in [0.717, 1.165) is 17.7 Å². The summed E-state index contributed by atoms with van der Waals surface area (Å²) < 4.78 is 0. The SMILES string of the molecule is Cc1cccc(C(=O)Nc2ccc(N3c4ccccc4CC3C)cn2)c1. The summed E-state index contributed by atoms with van der Waals surface area (Å²) in [4.78, 5) is 19.1. The van der Waals surface area contributed by atoms with Crippen LogP contribution in [0, 0.1) is 6.92 Å². The van der Waals surface area contributed by atoms with Crippen LogP contribution in [0.5, 0.6) is 0 Å². The molecule has 1 aromatic heterocycles.